The number of rotatable bonds is 11. The number of likely N-dealkylation sites (N-methyl/N-ethyl adjacent to an activating group) is 1. The summed E-state index contributed by atoms with van der Waals surface area (Å²) >= 11 is 12.5. The second kappa shape index (κ2) is 11.4. The average molecular weight is 411 g/mol. The van der Waals surface area contributed by atoms with Crippen LogP contribution in [0.1, 0.15) is 25.0 Å². The highest BCUT2D eigenvalue weighted by atomic mass is 35.5. The van der Waals surface area contributed by atoms with Crippen LogP contribution < -0.4 is 14.8 Å². The van der Waals surface area contributed by atoms with E-state index in [2.05, 4.69) is 24.1 Å². The molecule has 0 spiro atoms. The Bertz CT molecular complexity index is 701. The topological polar surface area (TPSA) is 33.7 Å². The Labute approximate surface area is 172 Å². The molecule has 4 nitrogen and oxygen atoms in total. The van der Waals surface area contributed by atoms with E-state index in [1.807, 2.05) is 36.4 Å². The summed E-state index contributed by atoms with van der Waals surface area (Å²) in [5, 5.41) is 4.67. The molecule has 2 aromatic rings. The van der Waals surface area contributed by atoms with E-state index in [0.29, 0.717) is 28.1 Å². The van der Waals surface area contributed by atoms with Gasteiger partial charge in [-0.3, -0.25) is 0 Å². The maximum atomic E-state index is 6.26. The van der Waals surface area contributed by atoms with Gasteiger partial charge in [0.25, 0.3) is 0 Å². The molecule has 0 saturated heterocycles. The summed E-state index contributed by atoms with van der Waals surface area (Å²) in [5.74, 6) is 1.41. The van der Waals surface area contributed by atoms with E-state index in [0.717, 1.165) is 37.3 Å². The van der Waals surface area contributed by atoms with Gasteiger partial charge in [-0.15, -0.1) is 0 Å². The summed E-state index contributed by atoms with van der Waals surface area (Å²) in [4.78, 5) is 2.38. The molecule has 0 heterocycles. The third-order valence-corrected chi connectivity index (χ3v) is 5.23. The summed E-state index contributed by atoms with van der Waals surface area (Å²) in [5.41, 5.74) is 1.81. The van der Waals surface area contributed by atoms with Gasteiger partial charge in [0.15, 0.2) is 11.5 Å². The molecule has 148 valence electrons. The Balaban J connectivity index is 2.06. The first-order valence-electron chi connectivity index (χ1n) is 9.25. The Kier molecular flexibility index (Phi) is 9.22. The van der Waals surface area contributed by atoms with Gasteiger partial charge in [-0.05, 0) is 31.3 Å². The van der Waals surface area contributed by atoms with E-state index >= 15 is 0 Å². The smallest absolute Gasteiger partial charge is 0.166 e. The molecule has 0 aliphatic rings. The fraction of sp³-hybridized carbons (Fsp3) is 0.429. The Morgan fingerprint density at radius 3 is 2.30 bits per heavy atom. The van der Waals surface area contributed by atoms with E-state index in [4.69, 9.17) is 32.7 Å². The van der Waals surface area contributed by atoms with Crippen molar-refractivity contribution < 1.29 is 9.47 Å². The molecule has 0 amide bonds. The molecule has 0 unspecified atom stereocenters. The predicted molar refractivity (Wildman–Crippen MR) is 113 cm³/mol. The quantitative estimate of drug-likeness (QED) is 0.527. The first-order chi connectivity index (χ1) is 13.1. The van der Waals surface area contributed by atoms with Crippen LogP contribution in [0.2, 0.25) is 10.0 Å². The second-order valence-electron chi connectivity index (χ2n) is 6.14. The van der Waals surface area contributed by atoms with Crippen molar-refractivity contribution in [2.45, 2.75) is 27.0 Å². The second-order valence-corrected chi connectivity index (χ2v) is 6.96. The molecule has 0 aromatic heterocycles. The Hall–Kier alpha value is -1.46. The van der Waals surface area contributed by atoms with Gasteiger partial charge in [0.1, 0.15) is 6.61 Å². The van der Waals surface area contributed by atoms with Crippen LogP contribution in [0.4, 0.5) is 0 Å². The van der Waals surface area contributed by atoms with Crippen LogP contribution in [-0.2, 0) is 13.2 Å². The molecular weight excluding hydrogens is 383 g/mol. The average Bonchev–Trinajstić information content (AvgIpc) is 2.68. The van der Waals surface area contributed by atoms with Crippen molar-refractivity contribution in [3.8, 4) is 11.5 Å². The highest BCUT2D eigenvalue weighted by molar-refractivity contribution is 6.35. The molecule has 2 aromatic carbocycles. The van der Waals surface area contributed by atoms with Crippen molar-refractivity contribution in [2.75, 3.05) is 33.3 Å². The minimum atomic E-state index is 0.283. The van der Waals surface area contributed by atoms with E-state index < -0.39 is 0 Å². The van der Waals surface area contributed by atoms with Crippen LogP contribution in [0.3, 0.4) is 0 Å². The fourth-order valence-electron chi connectivity index (χ4n) is 2.84. The molecular formula is C21H28Cl2N2O2. The molecule has 0 aliphatic heterocycles. The fourth-order valence-corrected chi connectivity index (χ4v) is 3.35. The number of methoxy groups -OCH3 is 1. The Morgan fingerprint density at radius 1 is 1.00 bits per heavy atom. The van der Waals surface area contributed by atoms with E-state index in [1.54, 1.807) is 7.11 Å². The lowest BCUT2D eigenvalue weighted by Crippen LogP contribution is -2.31. The first kappa shape index (κ1) is 21.8. The van der Waals surface area contributed by atoms with Gasteiger partial charge in [0.2, 0.25) is 0 Å². The number of ether oxygens (including phenoxy) is 2. The molecule has 6 heteroatoms. The maximum absolute atomic E-state index is 6.26. The number of nitrogens with one attached hydrogen (secondary N) is 1. The number of hydrogen-bond acceptors (Lipinski definition) is 4. The molecule has 0 fully saturated rings. The largest absolute Gasteiger partial charge is 0.493 e. The molecule has 27 heavy (non-hydrogen) atoms. The minimum Gasteiger partial charge on any atom is -0.493 e. The number of para-hydroxylation sites is 1. The minimum absolute atomic E-state index is 0.283. The van der Waals surface area contributed by atoms with Gasteiger partial charge in [-0.1, -0.05) is 55.2 Å². The zero-order valence-electron chi connectivity index (χ0n) is 16.2. The van der Waals surface area contributed by atoms with Crippen LogP contribution >= 0.6 is 23.2 Å². The normalized spacial score (nSPS) is 11.0. The first-order valence-corrected chi connectivity index (χ1v) is 10.0. The molecule has 0 aliphatic carbocycles. The van der Waals surface area contributed by atoms with Gasteiger partial charge in [0.05, 0.1) is 7.11 Å². The van der Waals surface area contributed by atoms with Crippen LogP contribution in [-0.4, -0.2) is 38.2 Å². The summed E-state index contributed by atoms with van der Waals surface area (Å²) in [6.07, 6.45) is 0. The zero-order chi connectivity index (χ0) is 19.6. The lowest BCUT2D eigenvalue weighted by atomic mass is 10.1. The van der Waals surface area contributed by atoms with Gasteiger partial charge in [0, 0.05) is 40.8 Å². The SMILES string of the molecule is CCN(CC)CCNCc1cccc(OC)c1OCc1c(Cl)cccc1Cl. The highest BCUT2D eigenvalue weighted by Crippen LogP contribution is 2.33. The van der Waals surface area contributed by atoms with Crippen molar-refractivity contribution in [3.05, 3.63) is 57.6 Å². The number of nitrogens with zero attached hydrogens (tertiary/aromatic N) is 1. The van der Waals surface area contributed by atoms with E-state index in [1.165, 1.54) is 0 Å². The molecule has 1 N–H and O–H groups in total. The third-order valence-electron chi connectivity index (χ3n) is 4.52. The van der Waals surface area contributed by atoms with Crippen LogP contribution in [0.5, 0.6) is 11.5 Å². The van der Waals surface area contributed by atoms with Crippen molar-refractivity contribution in [2.24, 2.45) is 0 Å². The van der Waals surface area contributed by atoms with Gasteiger partial charge in [-0.25, -0.2) is 0 Å². The standard InChI is InChI=1S/C21H28Cl2N2O2/c1-4-25(5-2)13-12-24-14-16-8-6-11-20(26-3)21(16)27-15-17-18(22)9-7-10-19(17)23/h6-11,24H,4-5,12-15H2,1-3H3. The van der Waals surface area contributed by atoms with Crippen LogP contribution in [0, 0.1) is 0 Å². The number of benzene rings is 2. The van der Waals surface area contributed by atoms with Gasteiger partial charge < -0.3 is 19.7 Å². The predicted octanol–water partition coefficient (Wildman–Crippen LogP) is 5.01. The molecule has 2 rings (SSSR count). The lowest BCUT2D eigenvalue weighted by Gasteiger charge is -2.19. The Morgan fingerprint density at radius 2 is 1.67 bits per heavy atom. The summed E-state index contributed by atoms with van der Waals surface area (Å²) in [7, 11) is 1.64. The molecule has 0 bridgehead atoms. The monoisotopic (exact) mass is 410 g/mol. The van der Waals surface area contributed by atoms with E-state index in [9.17, 15) is 0 Å². The van der Waals surface area contributed by atoms with Crippen molar-refractivity contribution in [3.63, 3.8) is 0 Å². The molecule has 0 saturated carbocycles. The van der Waals surface area contributed by atoms with Crippen LogP contribution in [0.15, 0.2) is 36.4 Å². The molecule has 0 atom stereocenters. The van der Waals surface area contributed by atoms with Crippen LogP contribution in [0.25, 0.3) is 0 Å². The summed E-state index contributed by atoms with van der Waals surface area (Å²) in [6, 6.07) is 11.3. The number of halogens is 2. The van der Waals surface area contributed by atoms with Crippen molar-refractivity contribution in [1.29, 1.82) is 0 Å². The van der Waals surface area contributed by atoms with Gasteiger partial charge in [-0.2, -0.15) is 0 Å². The van der Waals surface area contributed by atoms with Gasteiger partial charge >= 0.3 is 0 Å². The summed E-state index contributed by atoms with van der Waals surface area (Å²) < 4.78 is 11.6. The van der Waals surface area contributed by atoms with E-state index in [-0.39, 0.29) is 6.61 Å². The third kappa shape index (κ3) is 6.28. The summed E-state index contributed by atoms with van der Waals surface area (Å²) in [6.45, 7) is 9.38. The number of hydrogen-bond donors (Lipinski definition) is 1. The highest BCUT2D eigenvalue weighted by Gasteiger charge is 2.13. The lowest BCUT2D eigenvalue weighted by molar-refractivity contribution is 0.279. The maximum Gasteiger partial charge on any atom is 0.166 e. The zero-order valence-corrected chi connectivity index (χ0v) is 17.7. The van der Waals surface area contributed by atoms with Crippen molar-refractivity contribution in [1.82, 2.24) is 10.2 Å². The van der Waals surface area contributed by atoms with Crippen molar-refractivity contribution >= 4 is 23.2 Å². The molecule has 0 radical (unpaired) electrons.